The van der Waals surface area contributed by atoms with Gasteiger partial charge in [-0.15, -0.1) is 22.9 Å². The summed E-state index contributed by atoms with van der Waals surface area (Å²) in [5.74, 6) is 1.52. The Morgan fingerprint density at radius 3 is 2.68 bits per heavy atom. The Kier molecular flexibility index (Phi) is 4.08. The standard InChI is InChI=1S/C13H9Br2ClO2S/c14-7-5-11(19-13(7)15)12(16)10-6-17-8-3-1-2-4-9(8)18-10/h1-5,10,12H,6H2. The van der Waals surface area contributed by atoms with Gasteiger partial charge in [0.25, 0.3) is 0 Å². The first-order valence-electron chi connectivity index (χ1n) is 5.62. The van der Waals surface area contributed by atoms with E-state index in [1.54, 1.807) is 11.3 Å². The first-order valence-corrected chi connectivity index (χ1v) is 8.46. The second kappa shape index (κ2) is 5.64. The number of hydrogen-bond donors (Lipinski definition) is 0. The predicted molar refractivity (Wildman–Crippen MR) is 84.7 cm³/mol. The fourth-order valence-electron chi connectivity index (χ4n) is 1.86. The Morgan fingerprint density at radius 2 is 2.00 bits per heavy atom. The first-order chi connectivity index (χ1) is 9.15. The lowest BCUT2D eigenvalue weighted by Crippen LogP contribution is -2.32. The number of ether oxygens (including phenoxy) is 2. The summed E-state index contributed by atoms with van der Waals surface area (Å²) in [7, 11) is 0. The average molecular weight is 425 g/mol. The van der Waals surface area contributed by atoms with Crippen LogP contribution in [0.5, 0.6) is 11.5 Å². The van der Waals surface area contributed by atoms with Crippen molar-refractivity contribution in [3.63, 3.8) is 0 Å². The highest BCUT2D eigenvalue weighted by Crippen LogP contribution is 2.42. The van der Waals surface area contributed by atoms with Crippen LogP contribution in [0.15, 0.2) is 38.6 Å². The lowest BCUT2D eigenvalue weighted by molar-refractivity contribution is 0.0883. The Labute approximate surface area is 136 Å². The third-order valence-electron chi connectivity index (χ3n) is 2.79. The van der Waals surface area contributed by atoms with Gasteiger partial charge < -0.3 is 9.47 Å². The second-order valence-corrected chi connectivity index (χ2v) is 7.81. The molecule has 0 spiro atoms. The van der Waals surface area contributed by atoms with Gasteiger partial charge in [-0.2, -0.15) is 0 Å². The monoisotopic (exact) mass is 422 g/mol. The zero-order chi connectivity index (χ0) is 13.4. The lowest BCUT2D eigenvalue weighted by Gasteiger charge is -2.28. The number of thiophene rings is 1. The minimum Gasteiger partial charge on any atom is -0.486 e. The molecule has 19 heavy (non-hydrogen) atoms. The van der Waals surface area contributed by atoms with Gasteiger partial charge in [0.1, 0.15) is 12.0 Å². The van der Waals surface area contributed by atoms with Crippen LogP contribution in [0.3, 0.4) is 0 Å². The van der Waals surface area contributed by atoms with E-state index in [1.807, 2.05) is 30.3 Å². The maximum atomic E-state index is 6.50. The van der Waals surface area contributed by atoms with Crippen molar-refractivity contribution in [3.05, 3.63) is 43.5 Å². The fourth-order valence-corrected chi connectivity index (χ4v) is 4.30. The van der Waals surface area contributed by atoms with E-state index in [4.69, 9.17) is 21.1 Å². The molecule has 2 atom stereocenters. The van der Waals surface area contributed by atoms with Crippen LogP contribution in [-0.2, 0) is 0 Å². The molecule has 2 heterocycles. The van der Waals surface area contributed by atoms with Gasteiger partial charge in [0, 0.05) is 9.35 Å². The Hall–Kier alpha value is -0.230. The predicted octanol–water partition coefficient (Wildman–Crippen LogP) is 5.39. The van der Waals surface area contributed by atoms with Crippen LogP contribution < -0.4 is 9.47 Å². The highest BCUT2D eigenvalue weighted by molar-refractivity contribution is 9.13. The van der Waals surface area contributed by atoms with Crippen LogP contribution >= 0.6 is 54.8 Å². The molecule has 0 radical (unpaired) electrons. The zero-order valence-electron chi connectivity index (χ0n) is 9.61. The molecule has 0 N–H and O–H groups in total. The van der Waals surface area contributed by atoms with Gasteiger partial charge in [0.15, 0.2) is 17.6 Å². The molecule has 3 rings (SSSR count). The highest BCUT2D eigenvalue weighted by Gasteiger charge is 2.30. The van der Waals surface area contributed by atoms with Crippen molar-refractivity contribution in [1.82, 2.24) is 0 Å². The fraction of sp³-hybridized carbons (Fsp3) is 0.231. The van der Waals surface area contributed by atoms with Crippen LogP contribution in [0.25, 0.3) is 0 Å². The van der Waals surface area contributed by atoms with Crippen LogP contribution in [0, 0.1) is 0 Å². The molecule has 6 heteroatoms. The summed E-state index contributed by atoms with van der Waals surface area (Å²) in [6, 6.07) is 9.65. The molecule has 1 aromatic carbocycles. The van der Waals surface area contributed by atoms with Crippen LogP contribution in [0.2, 0.25) is 0 Å². The van der Waals surface area contributed by atoms with Gasteiger partial charge in [-0.05, 0) is 50.1 Å². The van der Waals surface area contributed by atoms with E-state index < -0.39 is 0 Å². The zero-order valence-corrected chi connectivity index (χ0v) is 14.4. The summed E-state index contributed by atoms with van der Waals surface area (Å²) in [4.78, 5) is 1.05. The molecule has 2 aromatic rings. The minimum absolute atomic E-state index is 0.186. The SMILES string of the molecule is ClC(c1cc(Br)c(Br)s1)C1COc2ccccc2O1. The molecule has 0 saturated carbocycles. The molecule has 2 unspecified atom stereocenters. The summed E-state index contributed by atoms with van der Waals surface area (Å²) >= 11 is 15.0. The van der Waals surface area contributed by atoms with Crippen molar-refractivity contribution in [2.24, 2.45) is 0 Å². The molecule has 0 bridgehead atoms. The molecule has 2 nitrogen and oxygen atoms in total. The molecular weight excluding hydrogens is 415 g/mol. The van der Waals surface area contributed by atoms with Gasteiger partial charge in [-0.25, -0.2) is 0 Å². The summed E-state index contributed by atoms with van der Waals surface area (Å²) in [6.45, 7) is 0.457. The number of para-hydroxylation sites is 2. The van der Waals surface area contributed by atoms with Gasteiger partial charge in [-0.3, -0.25) is 0 Å². The number of benzene rings is 1. The summed E-state index contributed by atoms with van der Waals surface area (Å²) in [5.41, 5.74) is 0. The van der Waals surface area contributed by atoms with Gasteiger partial charge in [0.2, 0.25) is 0 Å². The van der Waals surface area contributed by atoms with Gasteiger partial charge in [0.05, 0.1) is 3.79 Å². The summed E-state index contributed by atoms with van der Waals surface area (Å²) in [5, 5.41) is -0.235. The molecule has 1 aliphatic rings. The minimum atomic E-state index is -0.235. The third kappa shape index (κ3) is 2.79. The van der Waals surface area contributed by atoms with Gasteiger partial charge >= 0.3 is 0 Å². The van der Waals surface area contributed by atoms with E-state index in [9.17, 15) is 0 Å². The number of alkyl halides is 1. The lowest BCUT2D eigenvalue weighted by atomic mass is 10.2. The van der Waals surface area contributed by atoms with Crippen LogP contribution in [0.1, 0.15) is 10.3 Å². The summed E-state index contributed by atoms with van der Waals surface area (Å²) in [6.07, 6.45) is -0.186. The molecule has 0 aliphatic carbocycles. The Balaban J connectivity index is 1.81. The quantitative estimate of drug-likeness (QED) is 0.602. The number of fused-ring (bicyclic) bond motifs is 1. The first kappa shape index (κ1) is 13.7. The smallest absolute Gasteiger partial charge is 0.161 e. The van der Waals surface area contributed by atoms with E-state index in [1.165, 1.54) is 0 Å². The number of hydrogen-bond acceptors (Lipinski definition) is 3. The van der Waals surface area contributed by atoms with E-state index in [0.29, 0.717) is 6.61 Å². The van der Waals surface area contributed by atoms with Crippen molar-refractivity contribution in [3.8, 4) is 11.5 Å². The second-order valence-electron chi connectivity index (χ2n) is 4.09. The molecule has 100 valence electrons. The third-order valence-corrected chi connectivity index (χ3v) is 6.78. The van der Waals surface area contributed by atoms with Crippen molar-refractivity contribution in [2.75, 3.05) is 6.61 Å². The molecule has 0 saturated heterocycles. The van der Waals surface area contributed by atoms with E-state index in [-0.39, 0.29) is 11.5 Å². The highest BCUT2D eigenvalue weighted by atomic mass is 79.9. The number of halogens is 3. The molecular formula is C13H9Br2ClO2S. The molecule has 1 aliphatic heterocycles. The van der Waals surface area contributed by atoms with Crippen molar-refractivity contribution >= 4 is 54.8 Å². The van der Waals surface area contributed by atoms with E-state index in [0.717, 1.165) is 24.6 Å². The van der Waals surface area contributed by atoms with Gasteiger partial charge in [-0.1, -0.05) is 12.1 Å². The van der Waals surface area contributed by atoms with E-state index >= 15 is 0 Å². The van der Waals surface area contributed by atoms with Crippen molar-refractivity contribution in [2.45, 2.75) is 11.5 Å². The van der Waals surface area contributed by atoms with E-state index in [2.05, 4.69) is 31.9 Å². The molecule has 0 fully saturated rings. The summed E-state index contributed by atoms with van der Waals surface area (Å²) < 4.78 is 13.6. The maximum Gasteiger partial charge on any atom is 0.161 e. The van der Waals surface area contributed by atoms with Crippen LogP contribution in [-0.4, -0.2) is 12.7 Å². The normalized spacial score (nSPS) is 19.2. The van der Waals surface area contributed by atoms with Crippen LogP contribution in [0.4, 0.5) is 0 Å². The number of rotatable bonds is 2. The largest absolute Gasteiger partial charge is 0.486 e. The molecule has 1 aromatic heterocycles. The molecule has 0 amide bonds. The topological polar surface area (TPSA) is 18.5 Å². The average Bonchev–Trinajstić information content (AvgIpc) is 2.77. The Morgan fingerprint density at radius 1 is 1.26 bits per heavy atom. The Bertz CT molecular complexity index is 583. The van der Waals surface area contributed by atoms with Crippen molar-refractivity contribution in [1.29, 1.82) is 0 Å². The maximum absolute atomic E-state index is 6.50. The van der Waals surface area contributed by atoms with Crippen molar-refractivity contribution < 1.29 is 9.47 Å².